The van der Waals surface area contributed by atoms with Crippen molar-refractivity contribution in [3.8, 4) is 11.5 Å². The Kier molecular flexibility index (Phi) is 8.31. The molecule has 4 heteroatoms. The molecule has 1 aliphatic heterocycles. The molecule has 33 heavy (non-hydrogen) atoms. The molecule has 184 valence electrons. The summed E-state index contributed by atoms with van der Waals surface area (Å²) in [6.45, 7) is 11.3. The summed E-state index contributed by atoms with van der Waals surface area (Å²) in [4.78, 5) is 12.7. The van der Waals surface area contributed by atoms with E-state index < -0.39 is 0 Å². The molecule has 1 N–H and O–H groups in total. The largest absolute Gasteiger partial charge is 0.496 e. The van der Waals surface area contributed by atoms with E-state index in [2.05, 4.69) is 52.8 Å². The third kappa shape index (κ3) is 5.65. The number of carbonyl (C=O) groups excluding carboxylic acids is 1. The van der Waals surface area contributed by atoms with Gasteiger partial charge in [-0.2, -0.15) is 0 Å². The fourth-order valence-electron chi connectivity index (χ4n) is 5.70. The van der Waals surface area contributed by atoms with Crippen LogP contribution in [0.5, 0.6) is 11.5 Å². The summed E-state index contributed by atoms with van der Waals surface area (Å²) < 4.78 is 12.6. The highest BCUT2D eigenvalue weighted by atomic mass is 16.5. The van der Waals surface area contributed by atoms with E-state index in [1.165, 1.54) is 31.2 Å². The topological polar surface area (TPSA) is 55.8 Å². The molecule has 0 radical (unpaired) electrons. The molecule has 2 atom stereocenters. The van der Waals surface area contributed by atoms with Crippen LogP contribution in [-0.4, -0.2) is 30.2 Å². The van der Waals surface area contributed by atoms with Crippen LogP contribution in [0.1, 0.15) is 109 Å². The van der Waals surface area contributed by atoms with E-state index in [0.717, 1.165) is 35.5 Å². The van der Waals surface area contributed by atoms with Crippen LogP contribution in [0.3, 0.4) is 0 Å². The number of methoxy groups -OCH3 is 1. The van der Waals surface area contributed by atoms with Crippen LogP contribution in [0.4, 0.5) is 0 Å². The summed E-state index contributed by atoms with van der Waals surface area (Å²) in [5, 5.41) is 9.14. The second kappa shape index (κ2) is 10.6. The molecule has 1 heterocycles. The number of Topliss-reactive ketones (excluding diaryl/α,β-unsaturated/α-hetero) is 1. The minimum absolute atomic E-state index is 0.0400. The number of ether oxygens (including phenoxy) is 2. The molecule has 0 amide bonds. The predicted octanol–water partition coefficient (Wildman–Crippen LogP) is 6.88. The standard InChI is InChI=1S/C29H44O4/c1-7-8-9-10-15-28(2,3)21-18-25(32-6)27-22-17-20(24(31)12-11-16-30)13-14-23(22)29(4,5)33-26(27)19-21/h13,18-19,22-23,30H,7-12,14-17H2,1-6H3/t22-,23-/m1/s1. The smallest absolute Gasteiger partial charge is 0.158 e. The molecule has 1 aliphatic carbocycles. The Morgan fingerprint density at radius 3 is 2.64 bits per heavy atom. The highest BCUT2D eigenvalue weighted by molar-refractivity contribution is 5.95. The zero-order valence-corrected chi connectivity index (χ0v) is 21.6. The maximum absolute atomic E-state index is 12.7. The predicted molar refractivity (Wildman–Crippen MR) is 134 cm³/mol. The molecule has 1 aromatic carbocycles. The molecular formula is C29H44O4. The van der Waals surface area contributed by atoms with Gasteiger partial charge in [0, 0.05) is 30.4 Å². The molecule has 0 unspecified atom stereocenters. The molecule has 0 saturated heterocycles. The zero-order chi connectivity index (χ0) is 24.2. The second-order valence-electron chi connectivity index (χ2n) is 11.1. The first-order valence-corrected chi connectivity index (χ1v) is 12.9. The molecule has 3 rings (SSSR count). The van der Waals surface area contributed by atoms with Crippen LogP contribution in [-0.2, 0) is 10.2 Å². The number of aliphatic hydroxyl groups is 1. The number of benzene rings is 1. The van der Waals surface area contributed by atoms with Crippen LogP contribution in [0.25, 0.3) is 0 Å². The first kappa shape index (κ1) is 25.8. The van der Waals surface area contributed by atoms with E-state index in [9.17, 15) is 4.79 Å². The molecule has 1 aromatic rings. The first-order valence-electron chi connectivity index (χ1n) is 12.9. The average Bonchev–Trinajstić information content (AvgIpc) is 2.78. The fraction of sp³-hybridized carbons (Fsp3) is 0.690. The van der Waals surface area contributed by atoms with Gasteiger partial charge < -0.3 is 14.6 Å². The second-order valence-corrected chi connectivity index (χ2v) is 11.1. The molecule has 0 fully saturated rings. The molecule has 2 aliphatic rings. The molecule has 4 nitrogen and oxygen atoms in total. The van der Waals surface area contributed by atoms with Crippen molar-refractivity contribution in [2.24, 2.45) is 5.92 Å². The van der Waals surface area contributed by atoms with Crippen molar-refractivity contribution in [2.75, 3.05) is 13.7 Å². The molecule has 0 bridgehead atoms. The van der Waals surface area contributed by atoms with Gasteiger partial charge in [-0.1, -0.05) is 52.5 Å². The Morgan fingerprint density at radius 2 is 1.97 bits per heavy atom. The van der Waals surface area contributed by atoms with Gasteiger partial charge in [0.05, 0.1) is 7.11 Å². The number of carbonyl (C=O) groups is 1. The van der Waals surface area contributed by atoms with Crippen molar-refractivity contribution in [3.63, 3.8) is 0 Å². The highest BCUT2D eigenvalue weighted by Gasteiger charge is 2.47. The number of rotatable bonds is 11. The summed E-state index contributed by atoms with van der Waals surface area (Å²) >= 11 is 0. The van der Waals surface area contributed by atoms with Crippen molar-refractivity contribution in [1.82, 2.24) is 0 Å². The van der Waals surface area contributed by atoms with E-state index in [1.807, 2.05) is 0 Å². The Morgan fingerprint density at radius 1 is 1.21 bits per heavy atom. The number of ketones is 1. The Labute approximate surface area is 200 Å². The molecular weight excluding hydrogens is 412 g/mol. The van der Waals surface area contributed by atoms with Gasteiger partial charge in [0.2, 0.25) is 0 Å². The highest BCUT2D eigenvalue weighted by Crippen LogP contribution is 2.55. The lowest BCUT2D eigenvalue weighted by atomic mass is 9.66. The van der Waals surface area contributed by atoms with Gasteiger partial charge in [-0.05, 0) is 68.2 Å². The molecule has 0 saturated carbocycles. The minimum Gasteiger partial charge on any atom is -0.496 e. The Bertz CT molecular complexity index is 865. The van der Waals surface area contributed by atoms with Gasteiger partial charge in [0.1, 0.15) is 17.1 Å². The van der Waals surface area contributed by atoms with Gasteiger partial charge in [-0.3, -0.25) is 4.79 Å². The number of unbranched alkanes of at least 4 members (excludes halogenated alkanes) is 3. The zero-order valence-electron chi connectivity index (χ0n) is 21.6. The Hall–Kier alpha value is -1.81. The van der Waals surface area contributed by atoms with Gasteiger partial charge in [0.25, 0.3) is 0 Å². The van der Waals surface area contributed by atoms with Crippen molar-refractivity contribution in [1.29, 1.82) is 0 Å². The van der Waals surface area contributed by atoms with Crippen LogP contribution in [0.2, 0.25) is 0 Å². The van der Waals surface area contributed by atoms with Gasteiger partial charge in [-0.15, -0.1) is 0 Å². The van der Waals surface area contributed by atoms with E-state index in [1.54, 1.807) is 7.11 Å². The summed E-state index contributed by atoms with van der Waals surface area (Å²) in [7, 11) is 1.74. The summed E-state index contributed by atoms with van der Waals surface area (Å²) in [5.74, 6) is 2.46. The van der Waals surface area contributed by atoms with E-state index in [-0.39, 0.29) is 29.3 Å². The van der Waals surface area contributed by atoms with Crippen molar-refractivity contribution < 1.29 is 19.4 Å². The van der Waals surface area contributed by atoms with Crippen molar-refractivity contribution >= 4 is 5.78 Å². The van der Waals surface area contributed by atoms with Gasteiger partial charge in [0.15, 0.2) is 5.78 Å². The molecule has 0 aromatic heterocycles. The third-order valence-electron chi connectivity index (χ3n) is 7.86. The monoisotopic (exact) mass is 456 g/mol. The lowest BCUT2D eigenvalue weighted by molar-refractivity contribution is -0.116. The Balaban J connectivity index is 1.95. The van der Waals surface area contributed by atoms with E-state index >= 15 is 0 Å². The summed E-state index contributed by atoms with van der Waals surface area (Å²) in [6.07, 6.45) is 10.7. The van der Waals surface area contributed by atoms with Crippen LogP contribution >= 0.6 is 0 Å². The van der Waals surface area contributed by atoms with Crippen LogP contribution in [0, 0.1) is 5.92 Å². The lowest BCUT2D eigenvalue weighted by Gasteiger charge is -2.47. The average molecular weight is 457 g/mol. The number of fused-ring (bicyclic) bond motifs is 3. The third-order valence-corrected chi connectivity index (χ3v) is 7.86. The minimum atomic E-state index is -0.317. The SMILES string of the molecule is CCCCCCC(C)(C)c1cc(OC)c2c(c1)OC(C)(C)[C@@H]1CC=C(C(=O)CCCO)C[C@@H]21. The maximum Gasteiger partial charge on any atom is 0.158 e. The first-order chi connectivity index (χ1) is 15.6. The lowest BCUT2D eigenvalue weighted by Crippen LogP contribution is -2.46. The number of aliphatic hydroxyl groups excluding tert-OH is 1. The van der Waals surface area contributed by atoms with E-state index in [0.29, 0.717) is 25.2 Å². The normalized spacial score (nSPS) is 21.5. The quantitative estimate of drug-likeness (QED) is 0.369. The maximum atomic E-state index is 12.7. The van der Waals surface area contributed by atoms with Crippen molar-refractivity contribution in [3.05, 3.63) is 34.9 Å². The van der Waals surface area contributed by atoms with E-state index in [4.69, 9.17) is 14.6 Å². The van der Waals surface area contributed by atoms with Crippen molar-refractivity contribution in [2.45, 2.75) is 109 Å². The summed E-state index contributed by atoms with van der Waals surface area (Å²) in [6, 6.07) is 4.45. The number of hydrogen-bond donors (Lipinski definition) is 1. The van der Waals surface area contributed by atoms with Crippen LogP contribution in [0.15, 0.2) is 23.8 Å². The summed E-state index contributed by atoms with van der Waals surface area (Å²) in [5.41, 5.74) is 3.00. The number of hydrogen-bond acceptors (Lipinski definition) is 4. The van der Waals surface area contributed by atoms with Gasteiger partial charge >= 0.3 is 0 Å². The molecule has 0 spiro atoms. The van der Waals surface area contributed by atoms with Gasteiger partial charge in [-0.25, -0.2) is 0 Å². The number of allylic oxidation sites excluding steroid dienone is 2. The fourth-order valence-corrected chi connectivity index (χ4v) is 5.70. The van der Waals surface area contributed by atoms with Crippen LogP contribution < -0.4 is 9.47 Å².